The summed E-state index contributed by atoms with van der Waals surface area (Å²) in [6.07, 6.45) is 2.08. The Labute approximate surface area is 154 Å². The number of pyridine rings is 1. The number of nitrogens with zero attached hydrogens (tertiary/aromatic N) is 3. The van der Waals surface area contributed by atoms with E-state index in [1.165, 1.54) is 0 Å². The molecule has 4 rings (SSSR count). The van der Waals surface area contributed by atoms with Crippen LogP contribution >= 0.6 is 0 Å². The fourth-order valence-electron chi connectivity index (χ4n) is 4.57. The van der Waals surface area contributed by atoms with Crippen molar-refractivity contribution in [3.8, 4) is 0 Å². The zero-order valence-electron chi connectivity index (χ0n) is 15.6. The third-order valence-electron chi connectivity index (χ3n) is 5.99. The maximum atomic E-state index is 13.2. The number of carbonyl (C=O) groups is 1. The lowest BCUT2D eigenvalue weighted by atomic mass is 9.72. The van der Waals surface area contributed by atoms with Crippen molar-refractivity contribution in [2.24, 2.45) is 11.3 Å². The quantitative estimate of drug-likeness (QED) is 0.851. The molecule has 2 aliphatic rings. The van der Waals surface area contributed by atoms with Crippen LogP contribution in [0.3, 0.4) is 0 Å². The summed E-state index contributed by atoms with van der Waals surface area (Å²) in [7, 11) is 4.23. The molecule has 5 heteroatoms. The first-order valence-corrected chi connectivity index (χ1v) is 9.45. The maximum absolute atomic E-state index is 13.2. The largest absolute Gasteiger partial charge is 0.381 e. The number of benzene rings is 1. The van der Waals surface area contributed by atoms with Crippen LogP contribution in [0.15, 0.2) is 36.4 Å². The zero-order chi connectivity index (χ0) is 18.1. The standard InChI is InChI=1S/C21H27N3O2/c1-23(2)13-17-14-24(15-21(17)9-11-26-12-10-21)20(25)19-8-7-16-5-3-4-6-18(16)22-19/h3-8,17H,9-15H2,1-2H3/t17-/m0/s1. The number of carbonyl (C=O) groups excluding carboxylic acids is 1. The molecule has 1 aromatic carbocycles. The number of hydrogen-bond acceptors (Lipinski definition) is 4. The monoisotopic (exact) mass is 353 g/mol. The molecule has 5 nitrogen and oxygen atoms in total. The van der Waals surface area contributed by atoms with Crippen molar-refractivity contribution >= 4 is 16.8 Å². The summed E-state index contributed by atoms with van der Waals surface area (Å²) in [5.74, 6) is 0.550. The average Bonchev–Trinajstić information content (AvgIpc) is 2.98. The van der Waals surface area contributed by atoms with Gasteiger partial charge in [-0.2, -0.15) is 0 Å². The highest BCUT2D eigenvalue weighted by Gasteiger charge is 2.48. The average molecular weight is 353 g/mol. The molecule has 1 atom stereocenters. The summed E-state index contributed by atoms with van der Waals surface area (Å²) in [6.45, 7) is 4.25. The SMILES string of the molecule is CN(C)C[C@H]1CN(C(=O)c2ccc3ccccc3n2)CC12CCOCC2. The molecular weight excluding hydrogens is 326 g/mol. The van der Waals surface area contributed by atoms with E-state index in [9.17, 15) is 4.79 Å². The molecule has 0 radical (unpaired) electrons. The van der Waals surface area contributed by atoms with Gasteiger partial charge in [0, 0.05) is 38.2 Å². The molecule has 0 saturated carbocycles. The van der Waals surface area contributed by atoms with Gasteiger partial charge >= 0.3 is 0 Å². The predicted octanol–water partition coefficient (Wildman–Crippen LogP) is 2.67. The molecule has 1 spiro atoms. The Morgan fingerprint density at radius 2 is 2.00 bits per heavy atom. The van der Waals surface area contributed by atoms with Crippen LogP contribution in [0.1, 0.15) is 23.3 Å². The van der Waals surface area contributed by atoms with E-state index in [0.29, 0.717) is 11.6 Å². The van der Waals surface area contributed by atoms with Crippen molar-refractivity contribution in [2.75, 3.05) is 46.9 Å². The van der Waals surface area contributed by atoms with Gasteiger partial charge in [0.2, 0.25) is 0 Å². The molecule has 2 aliphatic heterocycles. The van der Waals surface area contributed by atoms with Crippen LogP contribution in [0, 0.1) is 11.3 Å². The highest BCUT2D eigenvalue weighted by Crippen LogP contribution is 2.44. The number of fused-ring (bicyclic) bond motifs is 1. The lowest BCUT2D eigenvalue weighted by molar-refractivity contribution is -0.00453. The minimum atomic E-state index is 0.0582. The Hall–Kier alpha value is -1.98. The topological polar surface area (TPSA) is 45.7 Å². The second kappa shape index (κ2) is 6.97. The fraction of sp³-hybridized carbons (Fsp3) is 0.524. The molecule has 138 valence electrons. The Balaban J connectivity index is 1.59. The number of likely N-dealkylation sites (tertiary alicyclic amines) is 1. The molecular formula is C21H27N3O2. The fourth-order valence-corrected chi connectivity index (χ4v) is 4.57. The van der Waals surface area contributed by atoms with Crippen LogP contribution in [0.2, 0.25) is 0 Å². The molecule has 26 heavy (non-hydrogen) atoms. The van der Waals surface area contributed by atoms with Gasteiger partial charge in [-0.1, -0.05) is 24.3 Å². The first-order chi connectivity index (χ1) is 12.6. The Morgan fingerprint density at radius 1 is 1.23 bits per heavy atom. The van der Waals surface area contributed by atoms with Gasteiger partial charge in [0.15, 0.2) is 0 Å². The lowest BCUT2D eigenvalue weighted by Crippen LogP contribution is -2.40. The summed E-state index contributed by atoms with van der Waals surface area (Å²) >= 11 is 0. The number of para-hydroxylation sites is 1. The van der Waals surface area contributed by atoms with Gasteiger partial charge in [-0.15, -0.1) is 0 Å². The van der Waals surface area contributed by atoms with E-state index >= 15 is 0 Å². The molecule has 1 aromatic heterocycles. The first-order valence-electron chi connectivity index (χ1n) is 9.45. The smallest absolute Gasteiger partial charge is 0.272 e. The normalized spacial score (nSPS) is 22.4. The van der Waals surface area contributed by atoms with Gasteiger partial charge in [-0.05, 0) is 50.4 Å². The molecule has 0 N–H and O–H groups in total. The summed E-state index contributed by atoms with van der Waals surface area (Å²) in [6, 6.07) is 11.8. The summed E-state index contributed by atoms with van der Waals surface area (Å²) in [4.78, 5) is 22.0. The van der Waals surface area contributed by atoms with Gasteiger partial charge in [-0.25, -0.2) is 4.98 Å². The van der Waals surface area contributed by atoms with Crippen molar-refractivity contribution < 1.29 is 9.53 Å². The Morgan fingerprint density at radius 3 is 2.77 bits per heavy atom. The van der Waals surface area contributed by atoms with Crippen molar-refractivity contribution in [3.05, 3.63) is 42.1 Å². The number of hydrogen-bond donors (Lipinski definition) is 0. The van der Waals surface area contributed by atoms with E-state index in [-0.39, 0.29) is 11.3 Å². The van der Waals surface area contributed by atoms with Gasteiger partial charge < -0.3 is 14.5 Å². The highest BCUT2D eigenvalue weighted by molar-refractivity contribution is 5.95. The molecule has 2 aromatic rings. The Kier molecular flexibility index (Phi) is 4.67. The second-order valence-corrected chi connectivity index (χ2v) is 8.01. The summed E-state index contributed by atoms with van der Waals surface area (Å²) < 4.78 is 5.61. The minimum Gasteiger partial charge on any atom is -0.381 e. The van der Waals surface area contributed by atoms with Gasteiger partial charge in [0.1, 0.15) is 5.69 Å². The predicted molar refractivity (Wildman–Crippen MR) is 102 cm³/mol. The molecule has 0 aliphatic carbocycles. The number of amides is 1. The zero-order valence-corrected chi connectivity index (χ0v) is 15.6. The van der Waals surface area contributed by atoms with Gasteiger partial charge in [-0.3, -0.25) is 4.79 Å². The molecule has 0 unspecified atom stereocenters. The summed E-state index contributed by atoms with van der Waals surface area (Å²) in [5, 5.41) is 1.07. The first kappa shape index (κ1) is 17.4. The number of aromatic nitrogens is 1. The number of ether oxygens (including phenoxy) is 1. The van der Waals surface area contributed by atoms with Crippen molar-refractivity contribution in [3.63, 3.8) is 0 Å². The van der Waals surface area contributed by atoms with E-state index in [1.54, 1.807) is 0 Å². The lowest BCUT2D eigenvalue weighted by Gasteiger charge is -2.38. The molecule has 2 fully saturated rings. The van der Waals surface area contributed by atoms with Crippen LogP contribution in [-0.2, 0) is 4.74 Å². The second-order valence-electron chi connectivity index (χ2n) is 8.01. The van der Waals surface area contributed by atoms with Crippen LogP contribution in [0.25, 0.3) is 10.9 Å². The highest BCUT2D eigenvalue weighted by atomic mass is 16.5. The third kappa shape index (κ3) is 3.21. The molecule has 3 heterocycles. The van der Waals surface area contributed by atoms with E-state index < -0.39 is 0 Å². The van der Waals surface area contributed by atoms with Gasteiger partial charge in [0.25, 0.3) is 5.91 Å². The minimum absolute atomic E-state index is 0.0582. The summed E-state index contributed by atoms with van der Waals surface area (Å²) in [5.41, 5.74) is 1.62. The van der Waals surface area contributed by atoms with E-state index in [4.69, 9.17) is 4.74 Å². The van der Waals surface area contributed by atoms with Crippen molar-refractivity contribution in [2.45, 2.75) is 12.8 Å². The van der Waals surface area contributed by atoms with Crippen LogP contribution < -0.4 is 0 Å². The van der Waals surface area contributed by atoms with Gasteiger partial charge in [0.05, 0.1) is 5.52 Å². The van der Waals surface area contributed by atoms with E-state index in [0.717, 1.165) is 56.6 Å². The van der Waals surface area contributed by atoms with E-state index in [1.807, 2.05) is 41.3 Å². The van der Waals surface area contributed by atoms with Crippen LogP contribution in [0.5, 0.6) is 0 Å². The maximum Gasteiger partial charge on any atom is 0.272 e. The van der Waals surface area contributed by atoms with Crippen molar-refractivity contribution in [1.82, 2.24) is 14.8 Å². The Bertz CT molecular complexity index is 799. The van der Waals surface area contributed by atoms with Crippen LogP contribution in [0.4, 0.5) is 0 Å². The third-order valence-corrected chi connectivity index (χ3v) is 5.99. The number of rotatable bonds is 3. The molecule has 1 amide bonds. The molecule has 2 saturated heterocycles. The van der Waals surface area contributed by atoms with Crippen molar-refractivity contribution in [1.29, 1.82) is 0 Å². The van der Waals surface area contributed by atoms with Crippen LogP contribution in [-0.4, -0.2) is 67.6 Å². The van der Waals surface area contributed by atoms with E-state index in [2.05, 4.69) is 24.0 Å². The molecule has 0 bridgehead atoms.